The maximum Gasteiger partial charge on any atom is 0.255 e. The SMILES string of the molecule is CCO[C@@H]1C[C@](O)(CNC(=O)c2c(C)nn(C)c2C)C1(C)C. The van der Waals surface area contributed by atoms with Crippen molar-refractivity contribution in [1.82, 2.24) is 15.1 Å². The van der Waals surface area contributed by atoms with Crippen LogP contribution in [-0.4, -0.2) is 45.7 Å². The molecular formula is C16H27N3O3. The third-order valence-corrected chi connectivity index (χ3v) is 5.17. The Labute approximate surface area is 131 Å². The van der Waals surface area contributed by atoms with Gasteiger partial charge in [-0.05, 0) is 20.8 Å². The van der Waals surface area contributed by atoms with Gasteiger partial charge in [0.25, 0.3) is 5.91 Å². The Kier molecular flexibility index (Phi) is 4.37. The third-order valence-electron chi connectivity index (χ3n) is 5.17. The highest BCUT2D eigenvalue weighted by Crippen LogP contribution is 2.50. The van der Waals surface area contributed by atoms with Crippen LogP contribution in [0.3, 0.4) is 0 Å². The van der Waals surface area contributed by atoms with Gasteiger partial charge in [0.1, 0.15) is 0 Å². The summed E-state index contributed by atoms with van der Waals surface area (Å²) in [6, 6.07) is 0. The first-order valence-corrected chi connectivity index (χ1v) is 7.76. The molecule has 1 aliphatic rings. The molecule has 2 atom stereocenters. The van der Waals surface area contributed by atoms with E-state index in [1.54, 1.807) is 4.68 Å². The molecule has 1 amide bonds. The molecule has 0 radical (unpaired) electrons. The third kappa shape index (κ3) is 2.54. The number of nitrogens with zero attached hydrogens (tertiary/aromatic N) is 2. The Morgan fingerprint density at radius 3 is 2.59 bits per heavy atom. The number of ether oxygens (including phenoxy) is 1. The van der Waals surface area contributed by atoms with Crippen molar-refractivity contribution in [3.8, 4) is 0 Å². The van der Waals surface area contributed by atoms with Crippen LogP contribution in [0.25, 0.3) is 0 Å². The number of rotatable bonds is 5. The molecule has 0 bridgehead atoms. The van der Waals surface area contributed by atoms with Crippen LogP contribution < -0.4 is 5.32 Å². The topological polar surface area (TPSA) is 76.4 Å². The predicted molar refractivity (Wildman–Crippen MR) is 83.8 cm³/mol. The number of carbonyl (C=O) groups is 1. The zero-order valence-corrected chi connectivity index (χ0v) is 14.4. The van der Waals surface area contributed by atoms with E-state index < -0.39 is 5.60 Å². The Hall–Kier alpha value is -1.40. The number of hydrogen-bond donors (Lipinski definition) is 2. The van der Waals surface area contributed by atoms with Crippen LogP contribution in [0.5, 0.6) is 0 Å². The van der Waals surface area contributed by atoms with Crippen LogP contribution in [0.15, 0.2) is 0 Å². The Morgan fingerprint density at radius 1 is 1.50 bits per heavy atom. The largest absolute Gasteiger partial charge is 0.387 e. The summed E-state index contributed by atoms with van der Waals surface area (Å²) in [5, 5.41) is 17.9. The van der Waals surface area contributed by atoms with E-state index in [1.807, 2.05) is 41.7 Å². The molecule has 2 rings (SSSR count). The minimum absolute atomic E-state index is 0.0290. The maximum atomic E-state index is 12.4. The molecule has 0 aromatic carbocycles. The summed E-state index contributed by atoms with van der Waals surface area (Å²) in [7, 11) is 1.81. The molecule has 1 aliphatic carbocycles. The lowest BCUT2D eigenvalue weighted by Gasteiger charge is -2.57. The number of aliphatic hydroxyl groups is 1. The molecule has 22 heavy (non-hydrogen) atoms. The van der Waals surface area contributed by atoms with Gasteiger partial charge in [-0.2, -0.15) is 5.10 Å². The fraction of sp³-hybridized carbons (Fsp3) is 0.750. The second-order valence-corrected chi connectivity index (χ2v) is 6.75. The first-order chi connectivity index (χ1) is 10.1. The van der Waals surface area contributed by atoms with Crippen molar-refractivity contribution < 1.29 is 14.6 Å². The van der Waals surface area contributed by atoms with Crippen molar-refractivity contribution in [3.63, 3.8) is 0 Å². The Morgan fingerprint density at radius 2 is 2.14 bits per heavy atom. The molecule has 1 fully saturated rings. The Balaban J connectivity index is 2.03. The zero-order valence-electron chi connectivity index (χ0n) is 14.4. The summed E-state index contributed by atoms with van der Waals surface area (Å²) in [4.78, 5) is 12.4. The van der Waals surface area contributed by atoms with Crippen LogP contribution in [0, 0.1) is 19.3 Å². The van der Waals surface area contributed by atoms with E-state index in [9.17, 15) is 9.90 Å². The molecule has 124 valence electrons. The molecule has 6 heteroatoms. The fourth-order valence-corrected chi connectivity index (χ4v) is 3.18. The van der Waals surface area contributed by atoms with E-state index in [0.29, 0.717) is 24.3 Å². The number of aryl methyl sites for hydroxylation is 2. The molecule has 0 saturated heterocycles. The molecule has 0 unspecified atom stereocenters. The summed E-state index contributed by atoms with van der Waals surface area (Å²) in [5.74, 6) is -0.188. The molecule has 1 heterocycles. The maximum absolute atomic E-state index is 12.4. The number of hydrogen-bond acceptors (Lipinski definition) is 4. The lowest BCUT2D eigenvalue weighted by Crippen LogP contribution is -2.68. The Bertz CT molecular complexity index is 579. The lowest BCUT2D eigenvalue weighted by atomic mass is 9.56. The van der Waals surface area contributed by atoms with Gasteiger partial charge in [-0.3, -0.25) is 9.48 Å². The second-order valence-electron chi connectivity index (χ2n) is 6.75. The van der Waals surface area contributed by atoms with Crippen LogP contribution in [0.2, 0.25) is 0 Å². The standard InChI is InChI=1S/C16H27N3O3/c1-7-22-12-8-16(21,15(12,4)5)9-17-14(20)13-10(2)18-19(6)11(13)3/h12,21H,7-9H2,1-6H3,(H,17,20)/t12-,16+/m1/s1. The number of carbonyl (C=O) groups excluding carboxylic acids is 1. The molecule has 1 aromatic heterocycles. The highest BCUT2D eigenvalue weighted by molar-refractivity contribution is 5.96. The van der Waals surface area contributed by atoms with E-state index in [4.69, 9.17) is 4.74 Å². The zero-order chi connectivity index (χ0) is 16.7. The number of nitrogens with one attached hydrogen (secondary N) is 1. The molecule has 1 saturated carbocycles. The van der Waals surface area contributed by atoms with Crippen molar-refractivity contribution in [3.05, 3.63) is 17.0 Å². The molecule has 0 spiro atoms. The summed E-state index contributed by atoms with van der Waals surface area (Å²) in [6.45, 7) is 10.4. The van der Waals surface area contributed by atoms with Crippen molar-refractivity contribution in [2.75, 3.05) is 13.2 Å². The molecule has 0 aliphatic heterocycles. The highest BCUT2D eigenvalue weighted by Gasteiger charge is 2.59. The summed E-state index contributed by atoms with van der Waals surface area (Å²) >= 11 is 0. The number of aromatic nitrogens is 2. The first kappa shape index (κ1) is 17.0. The van der Waals surface area contributed by atoms with Crippen molar-refractivity contribution >= 4 is 5.91 Å². The van der Waals surface area contributed by atoms with Crippen LogP contribution in [0.4, 0.5) is 0 Å². The van der Waals surface area contributed by atoms with Gasteiger partial charge in [0, 0.05) is 37.7 Å². The van der Waals surface area contributed by atoms with Crippen molar-refractivity contribution in [1.29, 1.82) is 0 Å². The van der Waals surface area contributed by atoms with E-state index in [1.165, 1.54) is 0 Å². The molecule has 1 aromatic rings. The fourth-order valence-electron chi connectivity index (χ4n) is 3.18. The normalized spacial score (nSPS) is 26.6. The molecular weight excluding hydrogens is 282 g/mol. The van der Waals surface area contributed by atoms with Gasteiger partial charge in [-0.25, -0.2) is 0 Å². The smallest absolute Gasteiger partial charge is 0.255 e. The van der Waals surface area contributed by atoms with Gasteiger partial charge in [0.2, 0.25) is 0 Å². The summed E-state index contributed by atoms with van der Waals surface area (Å²) in [5.41, 5.74) is 0.790. The van der Waals surface area contributed by atoms with Gasteiger partial charge in [0.15, 0.2) is 0 Å². The average molecular weight is 309 g/mol. The van der Waals surface area contributed by atoms with Crippen LogP contribution in [0.1, 0.15) is 48.9 Å². The minimum Gasteiger partial charge on any atom is -0.387 e. The average Bonchev–Trinajstić information content (AvgIpc) is 2.69. The number of amides is 1. The van der Waals surface area contributed by atoms with Gasteiger partial charge in [-0.1, -0.05) is 13.8 Å². The monoisotopic (exact) mass is 309 g/mol. The molecule has 6 nitrogen and oxygen atoms in total. The summed E-state index contributed by atoms with van der Waals surface area (Å²) < 4.78 is 7.33. The predicted octanol–water partition coefficient (Wildman–Crippen LogP) is 1.33. The van der Waals surface area contributed by atoms with E-state index in [-0.39, 0.29) is 24.0 Å². The highest BCUT2D eigenvalue weighted by atomic mass is 16.5. The molecule has 2 N–H and O–H groups in total. The van der Waals surface area contributed by atoms with Crippen molar-refractivity contribution in [2.24, 2.45) is 12.5 Å². The lowest BCUT2D eigenvalue weighted by molar-refractivity contribution is -0.237. The minimum atomic E-state index is -0.938. The van der Waals surface area contributed by atoms with Crippen LogP contribution >= 0.6 is 0 Å². The van der Waals surface area contributed by atoms with E-state index in [2.05, 4.69) is 10.4 Å². The first-order valence-electron chi connectivity index (χ1n) is 7.76. The van der Waals surface area contributed by atoms with E-state index in [0.717, 1.165) is 5.69 Å². The van der Waals surface area contributed by atoms with Gasteiger partial charge < -0.3 is 15.2 Å². The van der Waals surface area contributed by atoms with Gasteiger partial charge >= 0.3 is 0 Å². The van der Waals surface area contributed by atoms with Crippen LogP contribution in [-0.2, 0) is 11.8 Å². The summed E-state index contributed by atoms with van der Waals surface area (Å²) in [6.07, 6.45) is 0.570. The quantitative estimate of drug-likeness (QED) is 0.860. The van der Waals surface area contributed by atoms with Gasteiger partial charge in [-0.15, -0.1) is 0 Å². The second kappa shape index (κ2) is 5.66. The van der Waals surface area contributed by atoms with Crippen molar-refractivity contribution in [2.45, 2.75) is 52.7 Å². The van der Waals surface area contributed by atoms with E-state index >= 15 is 0 Å². The van der Waals surface area contributed by atoms with Gasteiger partial charge in [0.05, 0.1) is 23.0 Å².